The van der Waals surface area contributed by atoms with Gasteiger partial charge in [-0.2, -0.15) is 0 Å². The van der Waals surface area contributed by atoms with Crippen LogP contribution in [0.4, 0.5) is 11.4 Å². The Morgan fingerprint density at radius 3 is 2.37 bits per heavy atom. The van der Waals surface area contributed by atoms with Gasteiger partial charge < -0.3 is 34.7 Å². The third kappa shape index (κ3) is 8.38. The molecule has 0 bridgehead atoms. The molecular formula is C35H40N6O4S. The highest BCUT2D eigenvalue weighted by Gasteiger charge is 2.25. The number of carbonyl (C=O) groups is 1. The Hall–Kier alpha value is -5.00. The van der Waals surface area contributed by atoms with Crippen molar-refractivity contribution in [2.75, 3.05) is 49.5 Å². The second kappa shape index (κ2) is 15.3. The summed E-state index contributed by atoms with van der Waals surface area (Å²) in [6.45, 7) is 5.13. The van der Waals surface area contributed by atoms with E-state index in [4.69, 9.17) is 21.1 Å². The zero-order chi connectivity index (χ0) is 32.5. The van der Waals surface area contributed by atoms with Crippen molar-refractivity contribution in [2.45, 2.75) is 18.4 Å². The van der Waals surface area contributed by atoms with Crippen LogP contribution in [-0.2, 0) is 17.5 Å². The molecule has 0 aliphatic carbocycles. The summed E-state index contributed by atoms with van der Waals surface area (Å²) in [5, 5.41) is 1.52. The average molecular weight is 641 g/mol. The number of amides is 1. The number of aryl methyl sites for hydroxylation is 1. The van der Waals surface area contributed by atoms with Gasteiger partial charge in [0.05, 0.1) is 29.9 Å². The van der Waals surface area contributed by atoms with Crippen LogP contribution in [-0.4, -0.2) is 59.9 Å². The lowest BCUT2D eigenvalue weighted by molar-refractivity contribution is 0.0745. The molecule has 4 aromatic rings. The van der Waals surface area contributed by atoms with E-state index >= 15 is 0 Å². The summed E-state index contributed by atoms with van der Waals surface area (Å²) in [6.07, 6.45) is 1.65. The third-order valence-corrected chi connectivity index (χ3v) is 8.76. The lowest BCUT2D eigenvalue weighted by Gasteiger charge is -2.36. The van der Waals surface area contributed by atoms with Crippen LogP contribution in [0.25, 0.3) is 0 Å². The number of carbonyl (C=O) groups excluding carboxylic acids is 1. The normalized spacial score (nSPS) is 14.0. The van der Waals surface area contributed by atoms with E-state index in [1.807, 2.05) is 72.5 Å². The number of nitrogens with zero attached hydrogens (tertiary/aromatic N) is 3. The Morgan fingerprint density at radius 1 is 0.957 bits per heavy atom. The summed E-state index contributed by atoms with van der Waals surface area (Å²) in [6, 6.07) is 30.2. The topological polar surface area (TPSA) is 126 Å². The lowest BCUT2D eigenvalue weighted by Crippen LogP contribution is -2.49. The zero-order valence-electron chi connectivity index (χ0n) is 26.1. The molecule has 10 nitrogen and oxygen atoms in total. The fraction of sp³-hybridized carbons (Fsp3) is 0.229. The zero-order valence-corrected chi connectivity index (χ0v) is 26.9. The molecule has 5 rings (SSSR count). The molecule has 1 saturated heterocycles. The number of hydrazine groups is 1. The summed E-state index contributed by atoms with van der Waals surface area (Å²) in [5.74, 6) is 7.41. The maximum Gasteiger partial charge on any atom is 0.254 e. The molecule has 1 heterocycles. The smallest absolute Gasteiger partial charge is 0.254 e. The quantitative estimate of drug-likeness (QED) is 0.151. The van der Waals surface area contributed by atoms with Crippen LogP contribution in [0.15, 0.2) is 114 Å². The van der Waals surface area contributed by atoms with E-state index < -0.39 is 11.0 Å². The number of piperazine rings is 1. The van der Waals surface area contributed by atoms with Gasteiger partial charge in [0.25, 0.3) is 5.91 Å². The van der Waals surface area contributed by atoms with Crippen molar-refractivity contribution >= 4 is 28.3 Å². The number of para-hydroxylation sites is 2. The van der Waals surface area contributed by atoms with Gasteiger partial charge in [0, 0.05) is 43.6 Å². The minimum Gasteiger partial charge on any atom is -0.495 e. The molecular weight excluding hydrogens is 600 g/mol. The first-order valence-electron chi connectivity index (χ1n) is 15.0. The molecule has 1 fully saturated rings. The van der Waals surface area contributed by atoms with Crippen LogP contribution in [0.2, 0.25) is 0 Å². The van der Waals surface area contributed by atoms with Crippen LogP contribution in [0, 0.1) is 6.92 Å². The Balaban J connectivity index is 1.14. The van der Waals surface area contributed by atoms with E-state index in [1.54, 1.807) is 49.7 Å². The number of hydrogen-bond acceptors (Lipinski definition) is 8. The van der Waals surface area contributed by atoms with Crippen LogP contribution < -0.4 is 30.7 Å². The fourth-order valence-corrected chi connectivity index (χ4v) is 6.09. The number of hydrogen-bond donors (Lipinski definition) is 3. The number of rotatable bonds is 12. The average Bonchev–Trinajstić information content (AvgIpc) is 3.08. The maximum absolute atomic E-state index is 13.5. The third-order valence-electron chi connectivity index (χ3n) is 7.66. The SMILES string of the molecule is COc1ccccc1N1CCN(C(=O)c2cc(S(=O)Nc3ccc(OC/C(N)=C/N(N)Cc4ccccc4)cc3)ccc2C)CC1. The molecule has 0 spiro atoms. The Kier molecular flexibility index (Phi) is 10.8. The van der Waals surface area contributed by atoms with E-state index in [-0.39, 0.29) is 12.5 Å². The highest BCUT2D eigenvalue weighted by Crippen LogP contribution is 2.29. The molecule has 0 saturated carbocycles. The Morgan fingerprint density at radius 2 is 1.65 bits per heavy atom. The number of anilines is 2. The van der Waals surface area contributed by atoms with Crippen LogP contribution in [0.3, 0.4) is 0 Å². The van der Waals surface area contributed by atoms with Crippen molar-refractivity contribution in [3.63, 3.8) is 0 Å². The van der Waals surface area contributed by atoms with E-state index in [2.05, 4.69) is 9.62 Å². The van der Waals surface area contributed by atoms with Crippen LogP contribution in [0.5, 0.6) is 11.5 Å². The maximum atomic E-state index is 13.5. The van der Waals surface area contributed by atoms with Gasteiger partial charge in [0.2, 0.25) is 0 Å². The van der Waals surface area contributed by atoms with Crippen LogP contribution >= 0.6 is 0 Å². The van der Waals surface area contributed by atoms with Crippen molar-refractivity contribution in [3.8, 4) is 11.5 Å². The molecule has 1 atom stereocenters. The first kappa shape index (κ1) is 32.4. The standard InChI is InChI=1S/C35H40N6O4S/c1-26-12-17-31(22-32(26)35(42)40-20-18-39(19-21-40)33-10-6-7-11-34(33)44-2)46(43)38-29-13-15-30(16-14-29)45-25-28(36)24-41(37)23-27-8-4-3-5-9-27/h3-17,22,24,38H,18-21,23,25,36-37H2,1-2H3/b28-24-. The van der Waals surface area contributed by atoms with Gasteiger partial charge in [-0.05, 0) is 66.6 Å². The number of benzene rings is 4. The van der Waals surface area contributed by atoms with Crippen molar-refractivity contribution in [3.05, 3.63) is 126 Å². The summed E-state index contributed by atoms with van der Waals surface area (Å²) in [7, 11) is 0.0818. The summed E-state index contributed by atoms with van der Waals surface area (Å²) < 4.78 is 27.6. The molecule has 240 valence electrons. The predicted molar refractivity (Wildman–Crippen MR) is 183 cm³/mol. The van der Waals surface area contributed by atoms with Crippen molar-refractivity contribution in [2.24, 2.45) is 11.6 Å². The van der Waals surface area contributed by atoms with Gasteiger partial charge in [-0.15, -0.1) is 0 Å². The van der Waals surface area contributed by atoms with Crippen molar-refractivity contribution in [1.29, 1.82) is 0 Å². The van der Waals surface area contributed by atoms with E-state index in [1.165, 1.54) is 5.01 Å². The van der Waals surface area contributed by atoms with Gasteiger partial charge in [-0.1, -0.05) is 48.5 Å². The van der Waals surface area contributed by atoms with Crippen LogP contribution in [0.1, 0.15) is 21.5 Å². The number of ether oxygens (including phenoxy) is 2. The first-order chi connectivity index (χ1) is 22.3. The molecule has 0 radical (unpaired) electrons. The number of nitrogens with one attached hydrogen (secondary N) is 1. The summed E-state index contributed by atoms with van der Waals surface area (Å²) >= 11 is 0. The highest BCUT2D eigenvalue weighted by atomic mass is 32.2. The molecule has 1 aliphatic heterocycles. The van der Waals surface area contributed by atoms with E-state index in [0.717, 1.165) is 22.6 Å². The molecule has 0 aromatic heterocycles. The van der Waals surface area contributed by atoms with E-state index in [0.29, 0.717) is 60.3 Å². The summed E-state index contributed by atoms with van der Waals surface area (Å²) in [4.78, 5) is 18.1. The molecule has 1 unspecified atom stereocenters. The van der Waals surface area contributed by atoms with Gasteiger partial charge in [-0.3, -0.25) is 4.79 Å². The minimum atomic E-state index is -1.58. The van der Waals surface area contributed by atoms with Gasteiger partial charge in [-0.25, -0.2) is 10.1 Å². The van der Waals surface area contributed by atoms with Gasteiger partial charge >= 0.3 is 0 Å². The predicted octanol–water partition coefficient (Wildman–Crippen LogP) is 4.66. The largest absolute Gasteiger partial charge is 0.495 e. The number of nitrogens with two attached hydrogens (primary N) is 2. The number of methoxy groups -OCH3 is 1. The first-order valence-corrected chi connectivity index (χ1v) is 16.2. The minimum absolute atomic E-state index is 0.0660. The Labute approximate surface area is 272 Å². The van der Waals surface area contributed by atoms with Gasteiger partial charge in [0.1, 0.15) is 29.1 Å². The second-order valence-corrected chi connectivity index (χ2v) is 12.2. The second-order valence-electron chi connectivity index (χ2n) is 11.0. The molecule has 1 aliphatic rings. The molecule has 4 aromatic carbocycles. The molecule has 5 N–H and O–H groups in total. The van der Waals surface area contributed by atoms with Crippen molar-refractivity contribution in [1.82, 2.24) is 9.91 Å². The molecule has 11 heteroatoms. The molecule has 1 amide bonds. The lowest BCUT2D eigenvalue weighted by atomic mass is 10.1. The fourth-order valence-electron chi connectivity index (χ4n) is 5.20. The highest BCUT2D eigenvalue weighted by molar-refractivity contribution is 7.86. The summed E-state index contributed by atoms with van der Waals surface area (Å²) in [5.41, 5.74) is 10.7. The monoisotopic (exact) mass is 640 g/mol. The Bertz CT molecular complexity index is 1670. The van der Waals surface area contributed by atoms with Crippen molar-refractivity contribution < 1.29 is 18.5 Å². The van der Waals surface area contributed by atoms with E-state index in [9.17, 15) is 9.00 Å². The van der Waals surface area contributed by atoms with Gasteiger partial charge in [0.15, 0.2) is 0 Å². The molecule has 46 heavy (non-hydrogen) atoms.